The van der Waals surface area contributed by atoms with Crippen LogP contribution in [0.1, 0.15) is 258 Å². The average Bonchev–Trinajstić information content (AvgIpc) is 3.03. The monoisotopic (exact) mass is 637 g/mol. The van der Waals surface area contributed by atoms with Gasteiger partial charge in [-0.25, -0.2) is 4.79 Å². The SMILES string of the molecule is CCCCCCCCCCCCCCCCCCCCCCCCCCC(O)(CCCCCCCCCCCCCC)C(=O)O. The normalized spacial score (nSPS) is 13.0. The minimum Gasteiger partial charge on any atom is -0.479 e. The van der Waals surface area contributed by atoms with Crippen molar-refractivity contribution in [1.82, 2.24) is 0 Å². The number of carboxylic acids is 1. The molecule has 0 aliphatic rings. The van der Waals surface area contributed by atoms with Crippen molar-refractivity contribution in [2.24, 2.45) is 0 Å². The van der Waals surface area contributed by atoms with Gasteiger partial charge in [-0.1, -0.05) is 232 Å². The second-order valence-electron chi connectivity index (χ2n) is 14.9. The molecule has 0 aliphatic heterocycles. The molecular weight excluding hydrogens is 552 g/mol. The molecular formula is C42H84O3. The quantitative estimate of drug-likeness (QED) is 0.0660. The average molecular weight is 637 g/mol. The first-order chi connectivity index (χ1) is 22.1. The first kappa shape index (κ1) is 44.4. The smallest absolute Gasteiger partial charge is 0.335 e. The number of unbranched alkanes of at least 4 members (excludes halogenated alkanes) is 34. The molecule has 0 aromatic rings. The van der Waals surface area contributed by atoms with Crippen molar-refractivity contribution < 1.29 is 15.0 Å². The van der Waals surface area contributed by atoms with Gasteiger partial charge in [0.1, 0.15) is 0 Å². The molecule has 3 heteroatoms. The fraction of sp³-hybridized carbons (Fsp3) is 0.976. The lowest BCUT2D eigenvalue weighted by Gasteiger charge is -2.23. The van der Waals surface area contributed by atoms with Gasteiger partial charge in [0.2, 0.25) is 0 Å². The van der Waals surface area contributed by atoms with Gasteiger partial charge in [0.25, 0.3) is 0 Å². The number of hydrogen-bond acceptors (Lipinski definition) is 2. The van der Waals surface area contributed by atoms with Gasteiger partial charge < -0.3 is 10.2 Å². The Morgan fingerprint density at radius 2 is 0.489 bits per heavy atom. The number of aliphatic hydroxyl groups is 1. The molecule has 270 valence electrons. The summed E-state index contributed by atoms with van der Waals surface area (Å²) in [4.78, 5) is 11.8. The Hall–Kier alpha value is -0.570. The summed E-state index contributed by atoms with van der Waals surface area (Å²) in [6, 6.07) is 0. The van der Waals surface area contributed by atoms with E-state index in [1.54, 1.807) is 0 Å². The van der Waals surface area contributed by atoms with E-state index in [4.69, 9.17) is 0 Å². The summed E-state index contributed by atoms with van der Waals surface area (Å²) < 4.78 is 0. The second kappa shape index (κ2) is 36.3. The Morgan fingerprint density at radius 3 is 0.644 bits per heavy atom. The Balaban J connectivity index is 3.42. The minimum atomic E-state index is -1.51. The summed E-state index contributed by atoms with van der Waals surface area (Å²) in [5.74, 6) is -1.01. The van der Waals surface area contributed by atoms with E-state index in [1.165, 1.54) is 205 Å². The molecule has 0 aliphatic carbocycles. The third kappa shape index (κ3) is 33.1. The zero-order valence-electron chi connectivity index (χ0n) is 31.2. The predicted octanol–water partition coefficient (Wildman–Crippen LogP) is 14.7. The first-order valence-electron chi connectivity index (χ1n) is 21.0. The summed E-state index contributed by atoms with van der Waals surface area (Å²) in [5.41, 5.74) is -1.51. The van der Waals surface area contributed by atoms with Gasteiger partial charge >= 0.3 is 5.97 Å². The molecule has 3 nitrogen and oxygen atoms in total. The zero-order chi connectivity index (χ0) is 32.9. The maximum atomic E-state index is 11.8. The summed E-state index contributed by atoms with van der Waals surface area (Å²) in [7, 11) is 0. The number of carboxylic acid groups (broad SMARTS) is 1. The Bertz CT molecular complexity index is 576. The molecule has 0 saturated carbocycles. The molecule has 0 saturated heterocycles. The van der Waals surface area contributed by atoms with E-state index in [-0.39, 0.29) is 0 Å². The molecule has 0 aromatic heterocycles. The van der Waals surface area contributed by atoms with E-state index in [9.17, 15) is 15.0 Å². The van der Waals surface area contributed by atoms with E-state index in [0.29, 0.717) is 12.8 Å². The molecule has 2 N–H and O–H groups in total. The van der Waals surface area contributed by atoms with Crippen LogP contribution in [-0.4, -0.2) is 21.8 Å². The van der Waals surface area contributed by atoms with Gasteiger partial charge in [0, 0.05) is 0 Å². The van der Waals surface area contributed by atoms with Crippen LogP contribution in [0, 0.1) is 0 Å². The third-order valence-electron chi connectivity index (χ3n) is 10.3. The Kier molecular flexibility index (Phi) is 35.8. The van der Waals surface area contributed by atoms with Crippen LogP contribution in [0.15, 0.2) is 0 Å². The Morgan fingerprint density at radius 1 is 0.333 bits per heavy atom. The fourth-order valence-corrected chi connectivity index (χ4v) is 6.98. The van der Waals surface area contributed by atoms with Gasteiger partial charge in [-0.3, -0.25) is 0 Å². The standard InChI is InChI=1S/C42H84O3/c1-3-5-7-9-11-13-15-17-18-19-20-21-22-23-24-25-26-27-28-30-32-34-36-38-40-42(45,41(43)44)39-37-35-33-31-29-16-14-12-10-8-6-4-2/h45H,3-40H2,1-2H3,(H,43,44). The molecule has 0 spiro atoms. The van der Waals surface area contributed by atoms with Gasteiger partial charge in [-0.15, -0.1) is 0 Å². The van der Waals surface area contributed by atoms with Crippen LogP contribution in [0.25, 0.3) is 0 Å². The molecule has 0 radical (unpaired) electrons. The van der Waals surface area contributed by atoms with Gasteiger partial charge in [-0.05, 0) is 25.7 Å². The second-order valence-corrected chi connectivity index (χ2v) is 14.9. The first-order valence-corrected chi connectivity index (χ1v) is 21.0. The molecule has 1 atom stereocenters. The third-order valence-corrected chi connectivity index (χ3v) is 10.3. The lowest BCUT2D eigenvalue weighted by atomic mass is 9.89. The molecule has 1 unspecified atom stereocenters. The largest absolute Gasteiger partial charge is 0.479 e. The van der Waals surface area contributed by atoms with Crippen LogP contribution in [-0.2, 0) is 4.79 Å². The number of aliphatic carboxylic acids is 1. The van der Waals surface area contributed by atoms with Crippen LogP contribution in [0.4, 0.5) is 0 Å². The summed E-state index contributed by atoms with van der Waals surface area (Å²) >= 11 is 0. The van der Waals surface area contributed by atoms with E-state index < -0.39 is 11.6 Å². The van der Waals surface area contributed by atoms with Crippen molar-refractivity contribution in [1.29, 1.82) is 0 Å². The van der Waals surface area contributed by atoms with Gasteiger partial charge in [0.05, 0.1) is 0 Å². The van der Waals surface area contributed by atoms with Crippen LogP contribution in [0.2, 0.25) is 0 Å². The zero-order valence-corrected chi connectivity index (χ0v) is 31.2. The molecule has 0 rings (SSSR count). The van der Waals surface area contributed by atoms with E-state index >= 15 is 0 Å². The van der Waals surface area contributed by atoms with Crippen LogP contribution in [0.5, 0.6) is 0 Å². The summed E-state index contributed by atoms with van der Waals surface area (Å²) in [6.45, 7) is 4.56. The molecule has 0 heterocycles. The summed E-state index contributed by atoms with van der Waals surface area (Å²) in [5, 5.41) is 20.4. The molecule has 0 amide bonds. The molecule has 0 aromatic carbocycles. The highest BCUT2D eigenvalue weighted by Crippen LogP contribution is 2.24. The Labute approximate surface area is 283 Å². The fourth-order valence-electron chi connectivity index (χ4n) is 6.98. The number of rotatable bonds is 39. The highest BCUT2D eigenvalue weighted by atomic mass is 16.4. The van der Waals surface area contributed by atoms with Gasteiger partial charge in [0.15, 0.2) is 5.60 Å². The maximum Gasteiger partial charge on any atom is 0.335 e. The van der Waals surface area contributed by atoms with Crippen molar-refractivity contribution in [2.75, 3.05) is 0 Å². The predicted molar refractivity (Wildman–Crippen MR) is 199 cm³/mol. The van der Waals surface area contributed by atoms with Crippen molar-refractivity contribution in [3.05, 3.63) is 0 Å². The van der Waals surface area contributed by atoms with Crippen molar-refractivity contribution in [3.8, 4) is 0 Å². The van der Waals surface area contributed by atoms with E-state index in [2.05, 4.69) is 13.8 Å². The van der Waals surface area contributed by atoms with Crippen LogP contribution in [0.3, 0.4) is 0 Å². The lowest BCUT2D eigenvalue weighted by molar-refractivity contribution is -0.160. The summed E-state index contributed by atoms with van der Waals surface area (Å²) in [6.07, 6.45) is 48.7. The highest BCUT2D eigenvalue weighted by molar-refractivity contribution is 5.76. The van der Waals surface area contributed by atoms with Gasteiger partial charge in [-0.2, -0.15) is 0 Å². The van der Waals surface area contributed by atoms with Crippen LogP contribution < -0.4 is 0 Å². The van der Waals surface area contributed by atoms with Crippen molar-refractivity contribution in [3.63, 3.8) is 0 Å². The lowest BCUT2D eigenvalue weighted by Crippen LogP contribution is -2.38. The number of carbonyl (C=O) groups is 1. The molecule has 0 bridgehead atoms. The topological polar surface area (TPSA) is 57.5 Å². The highest BCUT2D eigenvalue weighted by Gasteiger charge is 2.34. The van der Waals surface area contributed by atoms with Crippen molar-refractivity contribution >= 4 is 5.97 Å². The van der Waals surface area contributed by atoms with E-state index in [1.807, 2.05) is 0 Å². The van der Waals surface area contributed by atoms with Crippen LogP contribution >= 0.6 is 0 Å². The van der Waals surface area contributed by atoms with Crippen molar-refractivity contribution in [2.45, 2.75) is 263 Å². The number of hydrogen-bond donors (Lipinski definition) is 2. The minimum absolute atomic E-state index is 0.416. The van der Waals surface area contributed by atoms with E-state index in [0.717, 1.165) is 25.7 Å². The molecule has 0 fully saturated rings. The molecule has 45 heavy (non-hydrogen) atoms. The maximum absolute atomic E-state index is 11.8.